The maximum atomic E-state index is 13.0. The number of amides is 1. The molecule has 0 saturated carbocycles. The van der Waals surface area contributed by atoms with Crippen LogP contribution < -0.4 is 5.56 Å². The van der Waals surface area contributed by atoms with Gasteiger partial charge >= 0.3 is 0 Å². The fourth-order valence-electron chi connectivity index (χ4n) is 3.20. The highest BCUT2D eigenvalue weighted by molar-refractivity contribution is 5.93. The molecule has 1 fully saturated rings. The summed E-state index contributed by atoms with van der Waals surface area (Å²) in [7, 11) is 0. The molecule has 0 unspecified atom stereocenters. The Labute approximate surface area is 153 Å². The maximum Gasteiger partial charge on any atom is 0.260 e. The number of halogens is 1. The van der Waals surface area contributed by atoms with Crippen molar-refractivity contribution in [1.29, 1.82) is 0 Å². The second-order valence-corrected chi connectivity index (χ2v) is 6.43. The van der Waals surface area contributed by atoms with Gasteiger partial charge in [0.25, 0.3) is 11.5 Å². The Balaban J connectivity index is 1.42. The van der Waals surface area contributed by atoms with Gasteiger partial charge in [0.1, 0.15) is 11.4 Å². The number of likely N-dealkylation sites (tertiary alicyclic amines) is 1. The monoisotopic (exact) mass is 368 g/mol. The quantitative estimate of drug-likeness (QED) is 0.767. The van der Waals surface area contributed by atoms with E-state index in [4.69, 9.17) is 4.42 Å². The van der Waals surface area contributed by atoms with Gasteiger partial charge in [0, 0.05) is 30.8 Å². The van der Waals surface area contributed by atoms with E-state index in [1.165, 1.54) is 24.4 Å². The second kappa shape index (κ2) is 7.14. The average molecular weight is 368 g/mol. The summed E-state index contributed by atoms with van der Waals surface area (Å²) in [5.74, 6) is 0.309. The molecule has 4 rings (SSSR count). The van der Waals surface area contributed by atoms with Crippen LogP contribution >= 0.6 is 0 Å². The van der Waals surface area contributed by atoms with Crippen LogP contribution in [0.25, 0.3) is 11.5 Å². The van der Waals surface area contributed by atoms with E-state index < -0.39 is 0 Å². The Kier molecular flexibility index (Phi) is 4.53. The fourth-order valence-corrected chi connectivity index (χ4v) is 3.20. The van der Waals surface area contributed by atoms with Gasteiger partial charge in [0.05, 0.1) is 0 Å². The first kappa shape index (κ1) is 17.1. The van der Waals surface area contributed by atoms with E-state index in [0.29, 0.717) is 43.3 Å². The molecule has 1 aliphatic heterocycles. The Hall–Kier alpha value is -3.29. The van der Waals surface area contributed by atoms with Crippen LogP contribution in [0.5, 0.6) is 0 Å². The minimum Gasteiger partial charge on any atom is -0.420 e. The van der Waals surface area contributed by atoms with Crippen molar-refractivity contribution in [3.05, 3.63) is 70.2 Å². The van der Waals surface area contributed by atoms with Gasteiger partial charge in [-0.2, -0.15) is 0 Å². The van der Waals surface area contributed by atoms with Crippen LogP contribution in [0.3, 0.4) is 0 Å². The largest absolute Gasteiger partial charge is 0.420 e. The molecule has 3 aromatic rings. The van der Waals surface area contributed by atoms with Crippen LogP contribution in [-0.2, 0) is 0 Å². The highest BCUT2D eigenvalue weighted by Gasteiger charge is 2.28. The van der Waals surface area contributed by atoms with Crippen molar-refractivity contribution in [1.82, 2.24) is 20.1 Å². The first-order valence-corrected chi connectivity index (χ1v) is 8.68. The van der Waals surface area contributed by atoms with Gasteiger partial charge in [0.15, 0.2) is 0 Å². The van der Waals surface area contributed by atoms with Crippen molar-refractivity contribution < 1.29 is 13.6 Å². The van der Waals surface area contributed by atoms with Gasteiger partial charge in [-0.15, -0.1) is 10.2 Å². The predicted molar refractivity (Wildman–Crippen MR) is 94.6 cm³/mol. The number of aromatic nitrogens is 3. The number of rotatable bonds is 3. The molecule has 1 N–H and O–H groups in total. The zero-order chi connectivity index (χ0) is 18.8. The van der Waals surface area contributed by atoms with Crippen LogP contribution in [0, 0.1) is 5.82 Å². The Morgan fingerprint density at radius 3 is 2.59 bits per heavy atom. The number of nitrogens with zero attached hydrogens (tertiary/aromatic N) is 3. The normalized spacial score (nSPS) is 15.1. The molecule has 7 nitrogen and oxygen atoms in total. The van der Waals surface area contributed by atoms with E-state index >= 15 is 0 Å². The molecule has 1 saturated heterocycles. The first-order valence-electron chi connectivity index (χ1n) is 8.68. The van der Waals surface area contributed by atoms with Crippen LogP contribution in [0.1, 0.15) is 35.0 Å². The van der Waals surface area contributed by atoms with E-state index in [0.717, 1.165) is 0 Å². The van der Waals surface area contributed by atoms with Crippen molar-refractivity contribution >= 4 is 5.91 Å². The SMILES string of the molecule is O=C(c1ccc[nH]c1=O)N1CCC(c2nnc(-c3ccc(F)cc3)o2)CC1. The number of piperidine rings is 1. The van der Waals surface area contributed by atoms with Gasteiger partial charge in [0.2, 0.25) is 11.8 Å². The summed E-state index contributed by atoms with van der Waals surface area (Å²) in [4.78, 5) is 28.5. The number of benzene rings is 1. The summed E-state index contributed by atoms with van der Waals surface area (Å²) in [5, 5.41) is 8.15. The summed E-state index contributed by atoms with van der Waals surface area (Å²) < 4.78 is 18.8. The number of H-pyrrole nitrogens is 1. The number of hydrogen-bond donors (Lipinski definition) is 1. The molecule has 0 atom stereocenters. The topological polar surface area (TPSA) is 92.1 Å². The van der Waals surface area contributed by atoms with Gasteiger partial charge in [-0.1, -0.05) is 0 Å². The zero-order valence-electron chi connectivity index (χ0n) is 14.4. The number of aromatic amines is 1. The molecular weight excluding hydrogens is 351 g/mol. The molecule has 138 valence electrons. The molecular formula is C19H17FN4O3. The smallest absolute Gasteiger partial charge is 0.260 e. The van der Waals surface area contributed by atoms with Crippen molar-refractivity contribution in [2.75, 3.05) is 13.1 Å². The summed E-state index contributed by atoms with van der Waals surface area (Å²) >= 11 is 0. The molecule has 1 aromatic carbocycles. The number of nitrogens with one attached hydrogen (secondary N) is 1. The van der Waals surface area contributed by atoms with E-state index in [2.05, 4.69) is 15.2 Å². The Bertz CT molecular complexity index is 1000. The number of hydrogen-bond acceptors (Lipinski definition) is 5. The van der Waals surface area contributed by atoms with Crippen LogP contribution in [-0.4, -0.2) is 39.1 Å². The van der Waals surface area contributed by atoms with E-state index in [9.17, 15) is 14.0 Å². The van der Waals surface area contributed by atoms with E-state index in [-0.39, 0.29) is 28.8 Å². The lowest BCUT2D eigenvalue weighted by Crippen LogP contribution is -2.40. The van der Waals surface area contributed by atoms with Gasteiger partial charge < -0.3 is 14.3 Å². The summed E-state index contributed by atoms with van der Waals surface area (Å²) in [6, 6.07) is 9.02. The molecule has 3 heterocycles. The van der Waals surface area contributed by atoms with Gasteiger partial charge in [-0.3, -0.25) is 9.59 Å². The third-order valence-corrected chi connectivity index (χ3v) is 4.71. The van der Waals surface area contributed by atoms with Crippen LogP contribution in [0.15, 0.2) is 51.8 Å². The summed E-state index contributed by atoms with van der Waals surface area (Å²) in [6.07, 6.45) is 2.84. The van der Waals surface area contributed by atoms with Crippen LogP contribution in [0.4, 0.5) is 4.39 Å². The van der Waals surface area contributed by atoms with E-state index in [1.807, 2.05) is 0 Å². The minimum absolute atomic E-state index is 0.0461. The van der Waals surface area contributed by atoms with Crippen molar-refractivity contribution in [3.63, 3.8) is 0 Å². The lowest BCUT2D eigenvalue weighted by Gasteiger charge is -2.30. The minimum atomic E-state index is -0.384. The first-order chi connectivity index (χ1) is 13.1. The van der Waals surface area contributed by atoms with Crippen LogP contribution in [0.2, 0.25) is 0 Å². The average Bonchev–Trinajstić information content (AvgIpc) is 3.19. The van der Waals surface area contributed by atoms with Gasteiger partial charge in [-0.25, -0.2) is 4.39 Å². The standard InChI is InChI=1S/C19H17FN4O3/c20-14-5-3-12(4-6-14)17-22-23-18(27-17)13-7-10-24(11-8-13)19(26)15-2-1-9-21-16(15)25/h1-6,9,13H,7-8,10-11H2,(H,21,25). The summed E-state index contributed by atoms with van der Waals surface area (Å²) in [6.45, 7) is 1.01. The fraction of sp³-hybridized carbons (Fsp3) is 0.263. The molecule has 1 aliphatic rings. The lowest BCUT2D eigenvalue weighted by molar-refractivity contribution is 0.0704. The number of pyridine rings is 1. The second-order valence-electron chi connectivity index (χ2n) is 6.43. The zero-order valence-corrected chi connectivity index (χ0v) is 14.4. The molecule has 0 bridgehead atoms. The molecule has 0 spiro atoms. The van der Waals surface area contributed by atoms with E-state index in [1.54, 1.807) is 23.1 Å². The molecule has 27 heavy (non-hydrogen) atoms. The van der Waals surface area contributed by atoms with Gasteiger partial charge in [-0.05, 0) is 49.2 Å². The predicted octanol–water partition coefficient (Wildman–Crippen LogP) is 2.58. The number of carbonyl (C=O) groups is 1. The van der Waals surface area contributed by atoms with Crippen molar-refractivity contribution in [2.45, 2.75) is 18.8 Å². The summed E-state index contributed by atoms with van der Waals surface area (Å²) in [5.41, 5.74) is 0.420. The van der Waals surface area contributed by atoms with Crippen molar-refractivity contribution in [2.24, 2.45) is 0 Å². The third kappa shape index (κ3) is 3.51. The highest BCUT2D eigenvalue weighted by atomic mass is 19.1. The molecule has 2 aromatic heterocycles. The lowest BCUT2D eigenvalue weighted by atomic mass is 9.96. The highest BCUT2D eigenvalue weighted by Crippen LogP contribution is 2.29. The Morgan fingerprint density at radius 1 is 1.15 bits per heavy atom. The molecule has 0 radical (unpaired) electrons. The third-order valence-electron chi connectivity index (χ3n) is 4.71. The molecule has 8 heteroatoms. The number of carbonyl (C=O) groups excluding carboxylic acids is 1. The van der Waals surface area contributed by atoms with Crippen molar-refractivity contribution in [3.8, 4) is 11.5 Å². The maximum absolute atomic E-state index is 13.0. The molecule has 0 aliphatic carbocycles. The molecule has 1 amide bonds. The Morgan fingerprint density at radius 2 is 1.89 bits per heavy atom.